The number of halogens is 1. The molecule has 0 spiro atoms. The van der Waals surface area contributed by atoms with Crippen molar-refractivity contribution in [3.63, 3.8) is 0 Å². The van der Waals surface area contributed by atoms with E-state index in [9.17, 15) is 4.79 Å². The molecule has 1 heterocycles. The van der Waals surface area contributed by atoms with Crippen LogP contribution in [0.1, 0.15) is 22.8 Å². The summed E-state index contributed by atoms with van der Waals surface area (Å²) in [5.41, 5.74) is 2.30. The van der Waals surface area contributed by atoms with Gasteiger partial charge < -0.3 is 10.2 Å². The van der Waals surface area contributed by atoms with Gasteiger partial charge in [-0.25, -0.2) is 4.98 Å². The Bertz CT molecular complexity index is 866. The summed E-state index contributed by atoms with van der Waals surface area (Å²) in [5, 5.41) is 3.31. The number of amides is 1. The number of carbonyl (C=O) groups excluding carboxylic acids is 1. The van der Waals surface area contributed by atoms with Gasteiger partial charge in [0.2, 0.25) is 0 Å². The molecule has 1 aromatic heterocycles. The quantitative estimate of drug-likeness (QED) is 0.667. The predicted octanol–water partition coefficient (Wildman–Crippen LogP) is 5.01. The Morgan fingerprint density at radius 3 is 2.42 bits per heavy atom. The molecule has 0 atom stereocenters. The lowest BCUT2D eigenvalue weighted by atomic mass is 10.2. The minimum absolute atomic E-state index is 0.233. The molecule has 26 heavy (non-hydrogen) atoms. The Morgan fingerprint density at radius 1 is 1.04 bits per heavy atom. The first-order valence-electron chi connectivity index (χ1n) is 8.48. The molecule has 0 saturated heterocycles. The molecule has 0 saturated carbocycles. The Morgan fingerprint density at radius 2 is 1.77 bits per heavy atom. The van der Waals surface area contributed by atoms with E-state index in [2.05, 4.69) is 34.3 Å². The Balaban J connectivity index is 1.70. The average molecular weight is 366 g/mol. The number of aromatic nitrogens is 1. The maximum atomic E-state index is 12.4. The smallest absolute Gasteiger partial charge is 0.257 e. The maximum absolute atomic E-state index is 12.4. The molecular formula is C21H20ClN3O. The number of nitrogens with one attached hydrogen (secondary N) is 1. The molecule has 0 aliphatic rings. The van der Waals surface area contributed by atoms with Crippen LogP contribution in [0, 0.1) is 0 Å². The summed E-state index contributed by atoms with van der Waals surface area (Å²) in [6, 6.07) is 21.0. The third-order valence-corrected chi connectivity index (χ3v) is 4.38. The first kappa shape index (κ1) is 18.0. The lowest BCUT2D eigenvalue weighted by molar-refractivity contribution is 0.102. The Labute approximate surface area is 158 Å². The van der Waals surface area contributed by atoms with Crippen LogP contribution in [0.15, 0.2) is 72.9 Å². The third-order valence-electron chi connectivity index (χ3n) is 4.05. The Kier molecular flexibility index (Phi) is 5.87. The fourth-order valence-corrected chi connectivity index (χ4v) is 2.81. The zero-order valence-electron chi connectivity index (χ0n) is 14.5. The van der Waals surface area contributed by atoms with E-state index >= 15 is 0 Å². The second-order valence-corrected chi connectivity index (χ2v) is 6.25. The predicted molar refractivity (Wildman–Crippen MR) is 107 cm³/mol. The van der Waals surface area contributed by atoms with Crippen molar-refractivity contribution in [2.45, 2.75) is 13.5 Å². The molecule has 1 amide bonds. The van der Waals surface area contributed by atoms with Gasteiger partial charge in [0.1, 0.15) is 5.82 Å². The number of hydrogen-bond donors (Lipinski definition) is 1. The summed E-state index contributed by atoms with van der Waals surface area (Å²) in [4.78, 5) is 19.0. The Hall–Kier alpha value is -2.85. The SMILES string of the molecule is CCN(Cc1ccccc1)c1ccc(C(=O)Nc2ccccc2Cl)cn1. The number of rotatable bonds is 6. The van der Waals surface area contributed by atoms with Crippen molar-refractivity contribution >= 4 is 29.0 Å². The van der Waals surface area contributed by atoms with E-state index in [1.54, 1.807) is 24.4 Å². The maximum Gasteiger partial charge on any atom is 0.257 e. The number of carbonyl (C=O) groups is 1. The number of nitrogens with zero attached hydrogens (tertiary/aromatic N) is 2. The highest BCUT2D eigenvalue weighted by atomic mass is 35.5. The molecule has 4 nitrogen and oxygen atoms in total. The zero-order valence-corrected chi connectivity index (χ0v) is 15.3. The number of benzene rings is 2. The second-order valence-electron chi connectivity index (χ2n) is 5.84. The van der Waals surface area contributed by atoms with Crippen molar-refractivity contribution in [2.24, 2.45) is 0 Å². The fourth-order valence-electron chi connectivity index (χ4n) is 2.62. The van der Waals surface area contributed by atoms with E-state index in [0.29, 0.717) is 16.3 Å². The van der Waals surface area contributed by atoms with Gasteiger partial charge in [-0.2, -0.15) is 0 Å². The van der Waals surface area contributed by atoms with Gasteiger partial charge in [-0.1, -0.05) is 54.1 Å². The summed E-state index contributed by atoms with van der Waals surface area (Å²) in [7, 11) is 0. The van der Waals surface area contributed by atoms with Gasteiger partial charge in [0.15, 0.2) is 0 Å². The van der Waals surface area contributed by atoms with Gasteiger partial charge in [-0.05, 0) is 36.8 Å². The molecule has 0 aliphatic heterocycles. The van der Waals surface area contributed by atoms with Crippen LogP contribution < -0.4 is 10.2 Å². The minimum Gasteiger partial charge on any atom is -0.353 e. The van der Waals surface area contributed by atoms with E-state index in [4.69, 9.17) is 11.6 Å². The van der Waals surface area contributed by atoms with Crippen molar-refractivity contribution in [1.29, 1.82) is 0 Å². The van der Waals surface area contributed by atoms with Crippen LogP contribution in [0.4, 0.5) is 11.5 Å². The van der Waals surface area contributed by atoms with Crippen molar-refractivity contribution in [1.82, 2.24) is 4.98 Å². The van der Waals surface area contributed by atoms with E-state index in [1.165, 1.54) is 5.56 Å². The summed E-state index contributed by atoms with van der Waals surface area (Å²) in [6.45, 7) is 3.69. The van der Waals surface area contributed by atoms with Crippen molar-refractivity contribution in [2.75, 3.05) is 16.8 Å². The first-order valence-corrected chi connectivity index (χ1v) is 8.86. The largest absolute Gasteiger partial charge is 0.353 e. The number of anilines is 2. The van der Waals surface area contributed by atoms with Crippen LogP contribution in [0.3, 0.4) is 0 Å². The lowest BCUT2D eigenvalue weighted by Gasteiger charge is -2.22. The highest BCUT2D eigenvalue weighted by molar-refractivity contribution is 6.33. The van der Waals surface area contributed by atoms with Crippen molar-refractivity contribution < 1.29 is 4.79 Å². The number of hydrogen-bond acceptors (Lipinski definition) is 3. The van der Waals surface area contributed by atoms with Gasteiger partial charge in [0, 0.05) is 19.3 Å². The molecule has 0 unspecified atom stereocenters. The van der Waals surface area contributed by atoms with Gasteiger partial charge in [-0.15, -0.1) is 0 Å². The van der Waals surface area contributed by atoms with Gasteiger partial charge >= 0.3 is 0 Å². The lowest BCUT2D eigenvalue weighted by Crippen LogP contribution is -2.23. The minimum atomic E-state index is -0.233. The van der Waals surface area contributed by atoms with Crippen molar-refractivity contribution in [3.8, 4) is 0 Å². The standard InChI is InChI=1S/C21H20ClN3O/c1-2-25(15-16-8-4-3-5-9-16)20-13-12-17(14-23-20)21(26)24-19-11-7-6-10-18(19)22/h3-14H,2,15H2,1H3,(H,24,26). The summed E-state index contributed by atoms with van der Waals surface area (Å²) in [6.07, 6.45) is 1.59. The fraction of sp³-hybridized carbons (Fsp3) is 0.143. The molecule has 132 valence electrons. The van der Waals surface area contributed by atoms with Crippen molar-refractivity contribution in [3.05, 3.63) is 89.1 Å². The van der Waals surface area contributed by atoms with Crippen LogP contribution in [0.5, 0.6) is 0 Å². The van der Waals surface area contributed by atoms with Crippen LogP contribution >= 0.6 is 11.6 Å². The molecular weight excluding hydrogens is 346 g/mol. The molecule has 0 radical (unpaired) electrons. The highest BCUT2D eigenvalue weighted by Gasteiger charge is 2.11. The van der Waals surface area contributed by atoms with Crippen LogP contribution in [-0.4, -0.2) is 17.4 Å². The molecule has 3 rings (SSSR count). The van der Waals surface area contributed by atoms with E-state index in [-0.39, 0.29) is 5.91 Å². The molecule has 2 aromatic carbocycles. The second kappa shape index (κ2) is 8.50. The van der Waals surface area contributed by atoms with Crippen LogP contribution in [0.25, 0.3) is 0 Å². The molecule has 0 bridgehead atoms. The van der Waals surface area contributed by atoms with Crippen LogP contribution in [-0.2, 0) is 6.54 Å². The monoisotopic (exact) mass is 365 g/mol. The van der Waals surface area contributed by atoms with E-state index in [1.807, 2.05) is 36.4 Å². The van der Waals surface area contributed by atoms with Crippen LogP contribution in [0.2, 0.25) is 5.02 Å². The molecule has 5 heteroatoms. The molecule has 0 aliphatic carbocycles. The molecule has 0 fully saturated rings. The first-order chi connectivity index (χ1) is 12.7. The topological polar surface area (TPSA) is 45.2 Å². The highest BCUT2D eigenvalue weighted by Crippen LogP contribution is 2.21. The molecule has 1 N–H and O–H groups in total. The van der Waals surface area contributed by atoms with Gasteiger partial charge in [-0.3, -0.25) is 4.79 Å². The average Bonchev–Trinajstić information content (AvgIpc) is 2.69. The van der Waals surface area contributed by atoms with Gasteiger partial charge in [0.05, 0.1) is 16.3 Å². The summed E-state index contributed by atoms with van der Waals surface area (Å²) < 4.78 is 0. The summed E-state index contributed by atoms with van der Waals surface area (Å²) in [5.74, 6) is 0.605. The zero-order chi connectivity index (χ0) is 18.4. The molecule has 3 aromatic rings. The summed E-state index contributed by atoms with van der Waals surface area (Å²) >= 11 is 6.08. The number of pyridine rings is 1. The van der Waals surface area contributed by atoms with Gasteiger partial charge in [0.25, 0.3) is 5.91 Å². The number of para-hydroxylation sites is 1. The van der Waals surface area contributed by atoms with E-state index < -0.39 is 0 Å². The van der Waals surface area contributed by atoms with E-state index in [0.717, 1.165) is 18.9 Å². The normalized spacial score (nSPS) is 10.4. The third kappa shape index (κ3) is 4.41.